The van der Waals surface area contributed by atoms with Gasteiger partial charge in [-0.05, 0) is 30.7 Å². The number of nitrogens with zero attached hydrogens (tertiary/aromatic N) is 2. The van der Waals surface area contributed by atoms with Crippen molar-refractivity contribution >= 4 is 17.2 Å². The Morgan fingerprint density at radius 1 is 1.29 bits per heavy atom. The molecule has 21 heavy (non-hydrogen) atoms. The average molecular weight is 305 g/mol. The summed E-state index contributed by atoms with van der Waals surface area (Å²) >= 11 is 1.82. The Bertz CT molecular complexity index is 496. The molecule has 5 heteroatoms. The van der Waals surface area contributed by atoms with E-state index >= 15 is 0 Å². The molecule has 4 heterocycles. The monoisotopic (exact) mass is 305 g/mol. The van der Waals surface area contributed by atoms with E-state index in [4.69, 9.17) is 0 Å². The van der Waals surface area contributed by atoms with E-state index in [9.17, 15) is 4.79 Å². The highest BCUT2D eigenvalue weighted by atomic mass is 32.1. The molecule has 4 rings (SSSR count). The third kappa shape index (κ3) is 2.74. The van der Waals surface area contributed by atoms with E-state index in [2.05, 4.69) is 32.6 Å². The lowest BCUT2D eigenvalue weighted by Crippen LogP contribution is -2.51. The molecule has 1 N–H and O–H groups in total. The molecule has 0 aromatic carbocycles. The van der Waals surface area contributed by atoms with Crippen molar-refractivity contribution in [2.45, 2.75) is 37.9 Å². The molecule has 3 unspecified atom stereocenters. The van der Waals surface area contributed by atoms with Crippen molar-refractivity contribution in [3.63, 3.8) is 0 Å². The van der Waals surface area contributed by atoms with Crippen LogP contribution in [0.4, 0.5) is 0 Å². The Labute approximate surface area is 130 Å². The summed E-state index contributed by atoms with van der Waals surface area (Å²) in [6.45, 7) is 4.86. The van der Waals surface area contributed by atoms with E-state index in [1.54, 1.807) is 0 Å². The number of carbonyl (C=O) groups excluding carboxylic acids is 1. The Hall–Kier alpha value is -0.910. The molecule has 1 aromatic heterocycles. The van der Waals surface area contributed by atoms with Crippen molar-refractivity contribution in [3.05, 3.63) is 22.4 Å². The first-order chi connectivity index (χ1) is 10.3. The van der Waals surface area contributed by atoms with E-state index in [1.165, 1.54) is 17.7 Å². The van der Waals surface area contributed by atoms with Crippen LogP contribution in [0.1, 0.15) is 24.1 Å². The van der Waals surface area contributed by atoms with Gasteiger partial charge in [0.1, 0.15) is 0 Å². The fraction of sp³-hybridized carbons (Fsp3) is 0.688. The quantitative estimate of drug-likeness (QED) is 0.920. The van der Waals surface area contributed by atoms with Gasteiger partial charge in [0.15, 0.2) is 0 Å². The van der Waals surface area contributed by atoms with Gasteiger partial charge >= 0.3 is 0 Å². The molecular formula is C16H23N3OS. The second-order valence-corrected chi connectivity index (χ2v) is 7.60. The smallest absolute Gasteiger partial charge is 0.227 e. The topological polar surface area (TPSA) is 35.6 Å². The van der Waals surface area contributed by atoms with E-state index in [-0.39, 0.29) is 5.92 Å². The van der Waals surface area contributed by atoms with Crippen molar-refractivity contribution in [1.82, 2.24) is 15.1 Å². The molecule has 2 bridgehead atoms. The van der Waals surface area contributed by atoms with E-state index in [0.717, 1.165) is 39.1 Å². The lowest BCUT2D eigenvalue weighted by atomic mass is 9.88. The number of carbonyl (C=O) groups is 1. The zero-order valence-electron chi connectivity index (χ0n) is 12.3. The summed E-state index contributed by atoms with van der Waals surface area (Å²) in [4.78, 5) is 18.7. The number of amides is 1. The van der Waals surface area contributed by atoms with Gasteiger partial charge in [0, 0.05) is 49.7 Å². The van der Waals surface area contributed by atoms with Crippen LogP contribution in [0.3, 0.4) is 0 Å². The molecule has 3 aliphatic heterocycles. The zero-order valence-corrected chi connectivity index (χ0v) is 13.1. The van der Waals surface area contributed by atoms with Crippen LogP contribution in [0.15, 0.2) is 17.5 Å². The molecule has 0 radical (unpaired) electrons. The summed E-state index contributed by atoms with van der Waals surface area (Å²) < 4.78 is 0. The van der Waals surface area contributed by atoms with Gasteiger partial charge in [-0.2, -0.15) is 0 Å². The first-order valence-electron chi connectivity index (χ1n) is 8.09. The van der Waals surface area contributed by atoms with Gasteiger partial charge < -0.3 is 10.2 Å². The molecule has 4 nitrogen and oxygen atoms in total. The Balaban J connectivity index is 1.30. The third-order valence-corrected chi connectivity index (χ3v) is 6.12. The minimum Gasteiger partial charge on any atom is -0.340 e. The molecule has 1 aromatic rings. The maximum Gasteiger partial charge on any atom is 0.227 e. The Kier molecular flexibility index (Phi) is 3.73. The number of piperazine rings is 1. The molecule has 0 saturated carbocycles. The van der Waals surface area contributed by atoms with Crippen molar-refractivity contribution < 1.29 is 4.79 Å². The summed E-state index contributed by atoms with van der Waals surface area (Å²) in [5, 5.41) is 5.72. The highest BCUT2D eigenvalue weighted by Crippen LogP contribution is 2.34. The summed E-state index contributed by atoms with van der Waals surface area (Å²) in [6, 6.07) is 5.39. The molecule has 1 amide bonds. The minimum atomic E-state index is 0.257. The summed E-state index contributed by atoms with van der Waals surface area (Å²) in [5.74, 6) is 0.665. The zero-order chi connectivity index (χ0) is 14.2. The molecule has 3 aliphatic rings. The molecule has 0 aliphatic carbocycles. The van der Waals surface area contributed by atoms with Crippen LogP contribution in [-0.4, -0.2) is 54.0 Å². The maximum atomic E-state index is 12.7. The molecular weight excluding hydrogens is 282 g/mol. The first kappa shape index (κ1) is 13.7. The average Bonchev–Trinajstić information content (AvgIpc) is 3.25. The lowest BCUT2D eigenvalue weighted by Gasteiger charge is -2.36. The number of nitrogens with one attached hydrogen (secondary N) is 1. The van der Waals surface area contributed by atoms with E-state index < -0.39 is 0 Å². The number of hydrogen-bond donors (Lipinski definition) is 1. The standard InChI is InChI=1S/C16H23N3OS/c20-16(14-10-12-3-4-15(14)17-12)19-7-5-18(6-8-19)11-13-2-1-9-21-13/h1-2,9,12,14-15,17H,3-8,10-11H2. The number of fused-ring (bicyclic) bond motifs is 2. The minimum absolute atomic E-state index is 0.257. The predicted molar refractivity (Wildman–Crippen MR) is 84.2 cm³/mol. The van der Waals surface area contributed by atoms with Gasteiger partial charge in [-0.3, -0.25) is 9.69 Å². The fourth-order valence-electron chi connectivity index (χ4n) is 4.08. The molecule has 0 spiro atoms. The number of rotatable bonds is 3. The third-order valence-electron chi connectivity index (χ3n) is 5.26. The van der Waals surface area contributed by atoms with Crippen molar-refractivity contribution in [1.29, 1.82) is 0 Å². The normalized spacial score (nSPS) is 32.8. The number of hydrogen-bond acceptors (Lipinski definition) is 4. The van der Waals surface area contributed by atoms with Gasteiger partial charge in [-0.15, -0.1) is 11.3 Å². The summed E-state index contributed by atoms with van der Waals surface area (Å²) in [7, 11) is 0. The van der Waals surface area contributed by atoms with Crippen molar-refractivity contribution in [2.75, 3.05) is 26.2 Å². The Morgan fingerprint density at radius 3 is 2.76 bits per heavy atom. The number of thiophene rings is 1. The van der Waals surface area contributed by atoms with Crippen LogP contribution in [0.2, 0.25) is 0 Å². The highest BCUT2D eigenvalue weighted by molar-refractivity contribution is 7.09. The summed E-state index contributed by atoms with van der Waals surface area (Å²) in [5.41, 5.74) is 0. The highest BCUT2D eigenvalue weighted by Gasteiger charge is 2.44. The second-order valence-electron chi connectivity index (χ2n) is 6.57. The predicted octanol–water partition coefficient (Wildman–Crippen LogP) is 1.53. The molecule has 114 valence electrons. The van der Waals surface area contributed by atoms with Crippen LogP contribution in [0.25, 0.3) is 0 Å². The van der Waals surface area contributed by atoms with Gasteiger partial charge in [0.25, 0.3) is 0 Å². The van der Waals surface area contributed by atoms with E-state index in [0.29, 0.717) is 18.0 Å². The molecule has 3 fully saturated rings. The SMILES string of the molecule is O=C(C1CC2CCC1N2)N1CCN(Cc2cccs2)CC1. The second kappa shape index (κ2) is 5.71. The van der Waals surface area contributed by atoms with Crippen LogP contribution in [-0.2, 0) is 11.3 Å². The van der Waals surface area contributed by atoms with E-state index in [1.807, 2.05) is 11.3 Å². The van der Waals surface area contributed by atoms with Crippen molar-refractivity contribution in [3.8, 4) is 0 Å². The summed E-state index contributed by atoms with van der Waals surface area (Å²) in [6.07, 6.45) is 3.53. The van der Waals surface area contributed by atoms with Crippen LogP contribution >= 0.6 is 11.3 Å². The largest absolute Gasteiger partial charge is 0.340 e. The van der Waals surface area contributed by atoms with Crippen LogP contribution < -0.4 is 5.32 Å². The first-order valence-corrected chi connectivity index (χ1v) is 8.97. The van der Waals surface area contributed by atoms with Gasteiger partial charge in [-0.25, -0.2) is 0 Å². The van der Waals surface area contributed by atoms with Gasteiger partial charge in [0.05, 0.1) is 5.92 Å². The van der Waals surface area contributed by atoms with Crippen LogP contribution in [0, 0.1) is 5.92 Å². The van der Waals surface area contributed by atoms with Gasteiger partial charge in [0.2, 0.25) is 5.91 Å². The maximum absolute atomic E-state index is 12.7. The molecule has 3 saturated heterocycles. The van der Waals surface area contributed by atoms with Crippen LogP contribution in [0.5, 0.6) is 0 Å². The fourth-order valence-corrected chi connectivity index (χ4v) is 4.83. The Morgan fingerprint density at radius 2 is 2.14 bits per heavy atom. The lowest BCUT2D eigenvalue weighted by molar-refractivity contribution is -0.138. The van der Waals surface area contributed by atoms with Gasteiger partial charge in [-0.1, -0.05) is 6.07 Å². The van der Waals surface area contributed by atoms with Crippen molar-refractivity contribution in [2.24, 2.45) is 5.92 Å². The molecule has 3 atom stereocenters.